The van der Waals surface area contributed by atoms with Crippen LogP contribution in [0.4, 0.5) is 0 Å². The highest BCUT2D eigenvalue weighted by atomic mass is 16.2. The van der Waals surface area contributed by atoms with Gasteiger partial charge in [0.1, 0.15) is 6.04 Å². The van der Waals surface area contributed by atoms with Crippen molar-refractivity contribution in [2.45, 2.75) is 78.4 Å². The molecule has 5 nitrogen and oxygen atoms in total. The summed E-state index contributed by atoms with van der Waals surface area (Å²) in [7, 11) is 0. The van der Waals surface area contributed by atoms with Crippen LogP contribution in [-0.2, 0) is 16.1 Å². The minimum atomic E-state index is -0.780. The first kappa shape index (κ1) is 26.5. The van der Waals surface area contributed by atoms with Crippen LogP contribution in [0.25, 0.3) is 0 Å². The third kappa shape index (κ3) is 7.18. The van der Waals surface area contributed by atoms with E-state index in [2.05, 4.69) is 25.2 Å². The number of rotatable bonds is 7. The van der Waals surface area contributed by atoms with E-state index < -0.39 is 11.6 Å². The maximum Gasteiger partial charge on any atom is 0.247 e. The van der Waals surface area contributed by atoms with Gasteiger partial charge in [-0.05, 0) is 81.5 Å². The summed E-state index contributed by atoms with van der Waals surface area (Å²) in [5.74, 6) is 1.02. The lowest BCUT2D eigenvalue weighted by molar-refractivity contribution is -0.146. The Kier molecular flexibility index (Phi) is 8.72. The number of benzene rings is 2. The van der Waals surface area contributed by atoms with Gasteiger partial charge in [0.25, 0.3) is 0 Å². The molecule has 0 aromatic heterocycles. The first-order valence-electron chi connectivity index (χ1n) is 12.8. The molecule has 1 atom stereocenters. The topological polar surface area (TPSA) is 73.2 Å². The molecule has 1 unspecified atom stereocenters. The number of amides is 2. The molecule has 0 heterocycles. The number of nitrogens with one attached hydrogen (secondary N) is 1. The molecule has 1 aliphatic carbocycles. The summed E-state index contributed by atoms with van der Waals surface area (Å²) in [6, 6.07) is 18.2. The van der Waals surface area contributed by atoms with Gasteiger partial charge >= 0.3 is 0 Å². The molecule has 5 heteroatoms. The largest absolute Gasteiger partial charge is 0.349 e. The number of hydrogen-bond acceptors (Lipinski definition) is 3. The van der Waals surface area contributed by atoms with E-state index in [9.17, 15) is 14.9 Å². The number of hydrogen-bond donors (Lipinski definition) is 1. The Morgan fingerprint density at radius 1 is 1.00 bits per heavy atom. The Bertz CT molecular complexity index is 1020. The van der Waals surface area contributed by atoms with Crippen LogP contribution < -0.4 is 5.32 Å². The summed E-state index contributed by atoms with van der Waals surface area (Å²) in [5, 5.41) is 12.4. The minimum absolute atomic E-state index is 0.0366. The summed E-state index contributed by atoms with van der Waals surface area (Å²) in [6.45, 7) is 10.7. The average Bonchev–Trinajstić information content (AvgIpc) is 2.83. The maximum absolute atomic E-state index is 14.1. The van der Waals surface area contributed by atoms with Crippen LogP contribution in [0.2, 0.25) is 0 Å². The van der Waals surface area contributed by atoms with Crippen molar-refractivity contribution < 1.29 is 9.59 Å². The summed E-state index contributed by atoms with van der Waals surface area (Å²) in [4.78, 5) is 29.5. The molecule has 0 saturated heterocycles. The fourth-order valence-electron chi connectivity index (χ4n) is 4.99. The lowest BCUT2D eigenvalue weighted by atomic mass is 9.76. The van der Waals surface area contributed by atoms with Crippen LogP contribution in [0.15, 0.2) is 54.6 Å². The van der Waals surface area contributed by atoms with Crippen molar-refractivity contribution in [1.82, 2.24) is 10.2 Å². The fourth-order valence-corrected chi connectivity index (χ4v) is 4.99. The Hall–Kier alpha value is -3.13. The Labute approximate surface area is 210 Å². The van der Waals surface area contributed by atoms with Crippen molar-refractivity contribution in [2.24, 2.45) is 17.8 Å². The second-order valence-corrected chi connectivity index (χ2v) is 11.2. The van der Waals surface area contributed by atoms with Crippen molar-refractivity contribution in [2.75, 3.05) is 0 Å². The number of nitriles is 1. The van der Waals surface area contributed by atoms with Gasteiger partial charge in [-0.25, -0.2) is 0 Å². The van der Waals surface area contributed by atoms with Crippen LogP contribution >= 0.6 is 0 Å². The van der Waals surface area contributed by atoms with E-state index in [0.29, 0.717) is 29.5 Å². The van der Waals surface area contributed by atoms with Gasteiger partial charge in [-0.1, -0.05) is 56.3 Å². The molecular weight excluding hydrogens is 434 g/mol. The van der Waals surface area contributed by atoms with Crippen molar-refractivity contribution in [3.05, 3.63) is 71.3 Å². The number of carbonyl (C=O) groups excluding carboxylic acids is 2. The molecule has 0 aliphatic heterocycles. The van der Waals surface area contributed by atoms with Crippen molar-refractivity contribution in [1.29, 1.82) is 5.26 Å². The molecule has 0 bridgehead atoms. The van der Waals surface area contributed by atoms with Gasteiger partial charge in [0.15, 0.2) is 0 Å². The fraction of sp³-hybridized carbons (Fsp3) is 0.500. The Morgan fingerprint density at radius 2 is 1.60 bits per heavy atom. The molecule has 2 aromatic carbocycles. The van der Waals surface area contributed by atoms with E-state index >= 15 is 0 Å². The first-order chi connectivity index (χ1) is 16.6. The SMILES string of the molecule is CC(C)C1CCC(C(=O)N(Cc2ccccc2)C(C(=O)NC(C)(C)C)c2ccc(C#N)cc2)CC1. The predicted molar refractivity (Wildman–Crippen MR) is 139 cm³/mol. The lowest BCUT2D eigenvalue weighted by Crippen LogP contribution is -2.50. The Balaban J connectivity index is 2.00. The normalized spacial score (nSPS) is 19.0. The lowest BCUT2D eigenvalue weighted by Gasteiger charge is -2.38. The van der Waals surface area contributed by atoms with Gasteiger partial charge in [-0.15, -0.1) is 0 Å². The molecule has 0 radical (unpaired) electrons. The molecule has 2 aromatic rings. The quantitative estimate of drug-likeness (QED) is 0.535. The number of nitrogens with zero attached hydrogens (tertiary/aromatic N) is 2. The summed E-state index contributed by atoms with van der Waals surface area (Å²) in [5.41, 5.74) is 1.78. The average molecular weight is 474 g/mol. The first-order valence-corrected chi connectivity index (χ1v) is 12.8. The summed E-state index contributed by atoms with van der Waals surface area (Å²) >= 11 is 0. The van der Waals surface area contributed by atoms with Gasteiger partial charge in [-0.2, -0.15) is 5.26 Å². The third-order valence-electron chi connectivity index (χ3n) is 6.96. The molecule has 1 aliphatic rings. The van der Waals surface area contributed by atoms with E-state index in [0.717, 1.165) is 31.2 Å². The second kappa shape index (κ2) is 11.5. The zero-order chi connectivity index (χ0) is 25.6. The predicted octanol–water partition coefficient (Wildman–Crippen LogP) is 6.01. The van der Waals surface area contributed by atoms with Crippen LogP contribution in [-0.4, -0.2) is 22.3 Å². The third-order valence-corrected chi connectivity index (χ3v) is 6.96. The zero-order valence-corrected chi connectivity index (χ0v) is 21.8. The molecule has 1 fully saturated rings. The van der Waals surface area contributed by atoms with E-state index in [1.807, 2.05) is 51.1 Å². The monoisotopic (exact) mass is 473 g/mol. The standard InChI is InChI=1S/C30H39N3O2/c1-21(2)24-15-17-26(18-16-24)29(35)33(20-23-9-7-6-8-10-23)27(28(34)32-30(3,4)5)25-13-11-22(19-31)12-14-25/h6-14,21,24,26-27H,15-18,20H2,1-5H3,(H,32,34). The molecule has 0 spiro atoms. The molecule has 1 saturated carbocycles. The molecule has 35 heavy (non-hydrogen) atoms. The van der Waals surface area contributed by atoms with E-state index in [-0.39, 0.29) is 17.7 Å². The van der Waals surface area contributed by atoms with Gasteiger partial charge in [0, 0.05) is 18.0 Å². The van der Waals surface area contributed by atoms with Gasteiger partial charge in [0.2, 0.25) is 11.8 Å². The Morgan fingerprint density at radius 3 is 2.11 bits per heavy atom. The van der Waals surface area contributed by atoms with Crippen molar-refractivity contribution in [3.63, 3.8) is 0 Å². The number of carbonyl (C=O) groups is 2. The highest BCUT2D eigenvalue weighted by Gasteiger charge is 2.37. The van der Waals surface area contributed by atoms with Gasteiger partial charge in [0.05, 0.1) is 11.6 Å². The molecule has 2 amide bonds. The van der Waals surface area contributed by atoms with Crippen molar-refractivity contribution in [3.8, 4) is 6.07 Å². The minimum Gasteiger partial charge on any atom is -0.349 e. The van der Waals surface area contributed by atoms with E-state index in [1.165, 1.54) is 0 Å². The van der Waals surface area contributed by atoms with E-state index in [1.54, 1.807) is 29.2 Å². The molecule has 3 rings (SSSR count). The van der Waals surface area contributed by atoms with Crippen molar-refractivity contribution >= 4 is 11.8 Å². The van der Waals surface area contributed by atoms with Crippen LogP contribution in [0.5, 0.6) is 0 Å². The van der Waals surface area contributed by atoms with E-state index in [4.69, 9.17) is 0 Å². The highest BCUT2D eigenvalue weighted by Crippen LogP contribution is 2.36. The second-order valence-electron chi connectivity index (χ2n) is 11.2. The smallest absolute Gasteiger partial charge is 0.247 e. The maximum atomic E-state index is 14.1. The summed E-state index contributed by atoms with van der Waals surface area (Å²) < 4.78 is 0. The van der Waals surface area contributed by atoms with Crippen LogP contribution in [0, 0.1) is 29.1 Å². The molecular formula is C30H39N3O2. The van der Waals surface area contributed by atoms with Crippen LogP contribution in [0.3, 0.4) is 0 Å². The highest BCUT2D eigenvalue weighted by molar-refractivity contribution is 5.90. The molecule has 186 valence electrons. The van der Waals surface area contributed by atoms with Gasteiger partial charge in [-0.3, -0.25) is 9.59 Å². The zero-order valence-electron chi connectivity index (χ0n) is 21.8. The van der Waals surface area contributed by atoms with Gasteiger partial charge < -0.3 is 10.2 Å². The molecule has 1 N–H and O–H groups in total. The van der Waals surface area contributed by atoms with Crippen LogP contribution in [0.1, 0.15) is 83.0 Å². The summed E-state index contributed by atoms with van der Waals surface area (Å²) in [6.07, 6.45) is 3.80.